The Morgan fingerprint density at radius 2 is 1.66 bits per heavy atom. The highest BCUT2D eigenvalue weighted by atomic mass is 31.2. The Balaban J connectivity index is 2.29. The number of phenolic OH excluding ortho intramolecular Hbond substituents is 1. The first-order valence-corrected chi connectivity index (χ1v) is 12.8. The minimum absolute atomic E-state index is 0.0247. The Kier molecular flexibility index (Phi) is 8.27. The normalized spacial score (nSPS) is 14.1. The first-order chi connectivity index (χ1) is 14.8. The maximum atomic E-state index is 12.7. The molecule has 0 spiro atoms. The second kappa shape index (κ2) is 10.3. The highest BCUT2D eigenvalue weighted by molar-refractivity contribution is 7.56. The van der Waals surface area contributed by atoms with Crippen LogP contribution >= 0.6 is 7.37 Å². The molecule has 0 aliphatic carbocycles. The van der Waals surface area contributed by atoms with Crippen molar-refractivity contribution in [1.82, 2.24) is 5.32 Å². The lowest BCUT2D eigenvalue weighted by molar-refractivity contribution is -0.139. The molecule has 0 saturated heterocycles. The number of aliphatic carboxylic acids is 1. The molecule has 0 heterocycles. The average molecular weight is 461 g/mol. The van der Waals surface area contributed by atoms with Gasteiger partial charge in [-0.05, 0) is 72.6 Å². The zero-order chi connectivity index (χ0) is 24.2. The van der Waals surface area contributed by atoms with Crippen LogP contribution in [0, 0.1) is 19.8 Å². The molecule has 2 atom stereocenters. The molecular weight excluding hydrogens is 429 g/mol. The monoisotopic (exact) mass is 461 g/mol. The second-order valence-electron chi connectivity index (χ2n) is 8.94. The molecule has 0 aromatic heterocycles. The SMILES string of the molecule is Cc1cc(CP(C)(=O)O)cc(C)c1Cc1ccc(O)c(C(=O)N[C@H](CC(C)C)C(=O)O)c1. The zero-order valence-corrected chi connectivity index (χ0v) is 20.1. The van der Waals surface area contributed by atoms with E-state index in [9.17, 15) is 29.3 Å². The van der Waals surface area contributed by atoms with Gasteiger partial charge in [-0.1, -0.05) is 32.0 Å². The summed E-state index contributed by atoms with van der Waals surface area (Å²) >= 11 is 0. The Morgan fingerprint density at radius 3 is 2.16 bits per heavy atom. The first kappa shape index (κ1) is 25.6. The predicted molar refractivity (Wildman–Crippen MR) is 125 cm³/mol. The fourth-order valence-electron chi connectivity index (χ4n) is 3.80. The lowest BCUT2D eigenvalue weighted by Crippen LogP contribution is -2.41. The molecule has 2 aromatic rings. The summed E-state index contributed by atoms with van der Waals surface area (Å²) in [6.07, 6.45) is 0.889. The summed E-state index contributed by atoms with van der Waals surface area (Å²) in [4.78, 5) is 33.8. The fourth-order valence-corrected chi connectivity index (χ4v) is 4.66. The standard InChI is InChI=1S/C24H32NO6P/c1-14(2)8-21(24(28)29)25-23(27)20-12-17(6-7-22(20)26)11-19-15(3)9-18(10-16(19)4)13-32(5,30)31/h6-7,9-10,12,14,21,26H,8,11,13H2,1-5H3,(H,25,27)(H,28,29)(H,30,31)/t21-/m1/s1. The molecule has 0 fully saturated rings. The number of carbonyl (C=O) groups excluding carboxylic acids is 1. The molecule has 0 bridgehead atoms. The lowest BCUT2D eigenvalue weighted by Gasteiger charge is -2.18. The molecule has 1 amide bonds. The maximum Gasteiger partial charge on any atom is 0.326 e. The smallest absolute Gasteiger partial charge is 0.326 e. The van der Waals surface area contributed by atoms with Crippen LogP contribution in [0.15, 0.2) is 30.3 Å². The number of aryl methyl sites for hydroxylation is 2. The summed E-state index contributed by atoms with van der Waals surface area (Å²) in [7, 11) is -3.17. The van der Waals surface area contributed by atoms with Gasteiger partial charge < -0.3 is 20.4 Å². The average Bonchev–Trinajstić information content (AvgIpc) is 2.63. The number of amides is 1. The van der Waals surface area contributed by atoms with Crippen LogP contribution in [0.25, 0.3) is 0 Å². The summed E-state index contributed by atoms with van der Waals surface area (Å²) in [5, 5.41) is 22.1. The molecule has 2 aromatic carbocycles. The Labute approximate surface area is 188 Å². The number of aromatic hydroxyl groups is 1. The van der Waals surface area contributed by atoms with Gasteiger partial charge in [0.25, 0.3) is 5.91 Å². The van der Waals surface area contributed by atoms with E-state index in [1.54, 1.807) is 12.1 Å². The highest BCUT2D eigenvalue weighted by Gasteiger charge is 2.23. The summed E-state index contributed by atoms with van der Waals surface area (Å²) in [6.45, 7) is 8.94. The van der Waals surface area contributed by atoms with Gasteiger partial charge in [-0.25, -0.2) is 4.79 Å². The van der Waals surface area contributed by atoms with E-state index in [2.05, 4.69) is 5.32 Å². The van der Waals surface area contributed by atoms with Crippen LogP contribution in [-0.2, 0) is 21.9 Å². The molecule has 32 heavy (non-hydrogen) atoms. The Morgan fingerprint density at radius 1 is 1.06 bits per heavy atom. The number of rotatable bonds is 9. The van der Waals surface area contributed by atoms with Gasteiger partial charge >= 0.3 is 5.97 Å². The molecule has 0 aliphatic rings. The minimum atomic E-state index is -3.17. The van der Waals surface area contributed by atoms with Gasteiger partial charge in [0.1, 0.15) is 11.8 Å². The largest absolute Gasteiger partial charge is 0.507 e. The molecule has 0 saturated carbocycles. The van der Waals surface area contributed by atoms with E-state index in [1.807, 2.05) is 39.8 Å². The van der Waals surface area contributed by atoms with Gasteiger partial charge in [0.15, 0.2) is 0 Å². The van der Waals surface area contributed by atoms with Gasteiger partial charge in [0, 0.05) is 12.8 Å². The molecule has 8 heteroatoms. The van der Waals surface area contributed by atoms with Crippen LogP contribution in [0.3, 0.4) is 0 Å². The minimum Gasteiger partial charge on any atom is -0.507 e. The third-order valence-corrected chi connectivity index (χ3v) is 6.18. The summed E-state index contributed by atoms with van der Waals surface area (Å²) in [5.74, 6) is -1.89. The number of carbonyl (C=O) groups is 2. The van der Waals surface area contributed by atoms with Crippen molar-refractivity contribution in [3.8, 4) is 5.75 Å². The van der Waals surface area contributed by atoms with Gasteiger partial charge in [-0.2, -0.15) is 0 Å². The van der Waals surface area contributed by atoms with Crippen LogP contribution in [0.2, 0.25) is 0 Å². The molecule has 174 valence electrons. The van der Waals surface area contributed by atoms with Gasteiger partial charge in [-0.15, -0.1) is 0 Å². The summed E-state index contributed by atoms with van der Waals surface area (Å²) in [6, 6.07) is 7.47. The first-order valence-electron chi connectivity index (χ1n) is 10.5. The third-order valence-electron chi connectivity index (χ3n) is 5.23. The Bertz CT molecular complexity index is 1030. The number of carboxylic acids is 1. The quantitative estimate of drug-likeness (QED) is 0.415. The van der Waals surface area contributed by atoms with Crippen molar-refractivity contribution in [2.45, 2.75) is 52.7 Å². The van der Waals surface area contributed by atoms with Crippen LogP contribution in [0.4, 0.5) is 0 Å². The van der Waals surface area contributed by atoms with Crippen molar-refractivity contribution in [1.29, 1.82) is 0 Å². The molecule has 2 rings (SSSR count). The van der Waals surface area contributed by atoms with Crippen molar-refractivity contribution in [3.63, 3.8) is 0 Å². The van der Waals surface area contributed by atoms with E-state index < -0.39 is 25.3 Å². The summed E-state index contributed by atoms with van der Waals surface area (Å²) < 4.78 is 11.8. The van der Waals surface area contributed by atoms with Crippen LogP contribution < -0.4 is 5.32 Å². The Hall–Kier alpha value is -2.63. The van der Waals surface area contributed by atoms with Gasteiger partial charge in [0.2, 0.25) is 7.37 Å². The van der Waals surface area contributed by atoms with Crippen molar-refractivity contribution < 1.29 is 29.3 Å². The van der Waals surface area contributed by atoms with Crippen LogP contribution in [-0.4, -0.2) is 39.7 Å². The van der Waals surface area contributed by atoms with Crippen LogP contribution in [0.5, 0.6) is 5.75 Å². The second-order valence-corrected chi connectivity index (χ2v) is 11.4. The van der Waals surface area contributed by atoms with Crippen LogP contribution in [0.1, 0.15) is 58.4 Å². The number of hydrogen-bond acceptors (Lipinski definition) is 4. The van der Waals surface area contributed by atoms with Crippen molar-refractivity contribution in [3.05, 3.63) is 63.7 Å². The number of nitrogens with one attached hydrogen (secondary N) is 1. The van der Waals surface area contributed by atoms with Gasteiger partial charge in [0.05, 0.1) is 5.56 Å². The van der Waals surface area contributed by atoms with E-state index in [0.717, 1.165) is 27.8 Å². The number of hydrogen-bond donors (Lipinski definition) is 4. The molecule has 1 unspecified atom stereocenters. The predicted octanol–water partition coefficient (Wildman–Crippen LogP) is 4.23. The maximum absolute atomic E-state index is 12.7. The summed E-state index contributed by atoms with van der Waals surface area (Å²) in [5.41, 5.74) is 4.57. The van der Waals surface area contributed by atoms with Crippen molar-refractivity contribution in [2.24, 2.45) is 5.92 Å². The number of carboxylic acid groups (broad SMARTS) is 1. The third kappa shape index (κ3) is 7.21. The van der Waals surface area contributed by atoms with E-state index in [-0.39, 0.29) is 29.8 Å². The van der Waals surface area contributed by atoms with E-state index in [0.29, 0.717) is 6.42 Å². The molecule has 4 N–H and O–H groups in total. The van der Waals surface area contributed by atoms with E-state index in [1.165, 1.54) is 12.7 Å². The molecular formula is C24H32NO6P. The zero-order valence-electron chi connectivity index (χ0n) is 19.2. The number of benzene rings is 2. The fraction of sp³-hybridized carbons (Fsp3) is 0.417. The van der Waals surface area contributed by atoms with Crippen molar-refractivity contribution in [2.75, 3.05) is 6.66 Å². The number of phenols is 1. The van der Waals surface area contributed by atoms with E-state index in [4.69, 9.17) is 0 Å². The topological polar surface area (TPSA) is 124 Å². The highest BCUT2D eigenvalue weighted by Crippen LogP contribution is 2.40. The van der Waals surface area contributed by atoms with Gasteiger partial charge in [-0.3, -0.25) is 9.36 Å². The molecule has 0 aliphatic heterocycles. The van der Waals surface area contributed by atoms with Crippen molar-refractivity contribution >= 4 is 19.2 Å². The lowest BCUT2D eigenvalue weighted by atomic mass is 9.93. The molecule has 7 nitrogen and oxygen atoms in total. The van der Waals surface area contributed by atoms with E-state index >= 15 is 0 Å². The molecule has 0 radical (unpaired) electrons.